The SMILES string of the molecule is CC(O)N1C(N)=[N+]([O-])c2ccccc2N1[O-]. The molecule has 0 aliphatic carbocycles. The molecule has 86 valence electrons. The van der Waals surface area contributed by atoms with Gasteiger partial charge in [-0.1, -0.05) is 12.1 Å². The fraction of sp³-hybridized carbons (Fsp3) is 0.222. The molecule has 1 aliphatic rings. The largest absolute Gasteiger partial charge is 0.740 e. The van der Waals surface area contributed by atoms with Gasteiger partial charge >= 0.3 is 5.96 Å². The average Bonchev–Trinajstić information content (AvgIpc) is 2.26. The molecule has 3 N–H and O–H groups in total. The van der Waals surface area contributed by atoms with Gasteiger partial charge in [-0.2, -0.15) is 0 Å². The van der Waals surface area contributed by atoms with Gasteiger partial charge in [0.2, 0.25) is 0 Å². The zero-order valence-corrected chi connectivity index (χ0v) is 8.57. The van der Waals surface area contributed by atoms with Crippen LogP contribution in [0.2, 0.25) is 0 Å². The van der Waals surface area contributed by atoms with Gasteiger partial charge in [0.05, 0.1) is 5.69 Å². The number of benzene rings is 1. The van der Waals surface area contributed by atoms with Crippen LogP contribution >= 0.6 is 0 Å². The predicted octanol–water partition coefficient (Wildman–Crippen LogP) is 0.0162. The number of nitrogens with two attached hydrogens (primary N) is 1. The first-order valence-corrected chi connectivity index (χ1v) is 4.67. The molecular formula is C9H11N4O3-. The number of guanidine groups is 1. The van der Waals surface area contributed by atoms with E-state index in [4.69, 9.17) is 5.73 Å². The molecule has 0 bridgehead atoms. The maximum absolute atomic E-state index is 11.8. The van der Waals surface area contributed by atoms with Crippen LogP contribution < -0.4 is 10.9 Å². The number of hydrogen-bond acceptors (Lipinski definition) is 6. The minimum atomic E-state index is -1.18. The standard InChI is InChI=1S/C9H11N4O3/c1-6(14)11-9(10)12(15)7-4-2-3-5-8(7)13(11)16/h2-6,14H,10H2,1H3/q-1. The van der Waals surface area contributed by atoms with Gasteiger partial charge in [-0.05, 0) is 19.1 Å². The van der Waals surface area contributed by atoms with Crippen LogP contribution in [0.3, 0.4) is 0 Å². The highest BCUT2D eigenvalue weighted by Crippen LogP contribution is 2.32. The Kier molecular flexibility index (Phi) is 2.33. The molecule has 1 aromatic carbocycles. The van der Waals surface area contributed by atoms with Crippen molar-refractivity contribution in [2.45, 2.75) is 13.2 Å². The van der Waals surface area contributed by atoms with Crippen molar-refractivity contribution in [3.8, 4) is 0 Å². The molecule has 1 heterocycles. The second-order valence-electron chi connectivity index (χ2n) is 3.39. The molecule has 0 saturated carbocycles. The van der Waals surface area contributed by atoms with Crippen molar-refractivity contribution >= 4 is 17.3 Å². The number of nitrogens with zero attached hydrogens (tertiary/aromatic N) is 3. The molecule has 1 unspecified atom stereocenters. The first kappa shape index (κ1) is 10.5. The van der Waals surface area contributed by atoms with Crippen LogP contribution in [0.15, 0.2) is 24.3 Å². The number of hydrogen-bond donors (Lipinski definition) is 2. The van der Waals surface area contributed by atoms with E-state index in [-0.39, 0.29) is 17.3 Å². The molecule has 0 aromatic heterocycles. The van der Waals surface area contributed by atoms with Crippen molar-refractivity contribution in [2.24, 2.45) is 5.73 Å². The van der Waals surface area contributed by atoms with Crippen LogP contribution in [0.5, 0.6) is 0 Å². The third-order valence-electron chi connectivity index (χ3n) is 2.30. The minimum absolute atomic E-state index is 0.146. The number of para-hydroxylation sites is 2. The molecular weight excluding hydrogens is 212 g/mol. The summed E-state index contributed by atoms with van der Waals surface area (Å²) >= 11 is 0. The monoisotopic (exact) mass is 223 g/mol. The van der Waals surface area contributed by atoms with Crippen LogP contribution in [-0.2, 0) is 0 Å². The topological polar surface area (TPSA) is 102 Å². The lowest BCUT2D eigenvalue weighted by molar-refractivity contribution is -0.374. The van der Waals surface area contributed by atoms with Gasteiger partial charge in [0.25, 0.3) is 0 Å². The molecule has 16 heavy (non-hydrogen) atoms. The summed E-state index contributed by atoms with van der Waals surface area (Å²) in [4.78, 5) is 0. The molecule has 0 amide bonds. The summed E-state index contributed by atoms with van der Waals surface area (Å²) in [6, 6.07) is 6.22. The van der Waals surface area contributed by atoms with E-state index in [9.17, 15) is 15.5 Å². The number of hydrazine groups is 1. The van der Waals surface area contributed by atoms with E-state index in [1.165, 1.54) is 19.1 Å². The lowest BCUT2D eigenvalue weighted by atomic mass is 10.2. The molecule has 0 radical (unpaired) electrons. The maximum atomic E-state index is 11.8. The van der Waals surface area contributed by atoms with Crippen LogP contribution in [0, 0.1) is 10.4 Å². The highest BCUT2D eigenvalue weighted by atomic mass is 16.6. The Morgan fingerprint density at radius 1 is 1.44 bits per heavy atom. The van der Waals surface area contributed by atoms with E-state index in [1.54, 1.807) is 12.1 Å². The van der Waals surface area contributed by atoms with Crippen molar-refractivity contribution in [3.63, 3.8) is 0 Å². The Morgan fingerprint density at radius 3 is 2.69 bits per heavy atom. The quantitative estimate of drug-likeness (QED) is 0.514. The number of rotatable bonds is 1. The van der Waals surface area contributed by atoms with Crippen molar-refractivity contribution in [3.05, 3.63) is 34.7 Å². The van der Waals surface area contributed by atoms with E-state index in [1.807, 2.05) is 0 Å². The Balaban J connectivity index is 2.60. The average molecular weight is 223 g/mol. The van der Waals surface area contributed by atoms with Crippen LogP contribution in [-0.4, -0.2) is 27.0 Å². The van der Waals surface area contributed by atoms with E-state index < -0.39 is 6.23 Å². The van der Waals surface area contributed by atoms with Gasteiger partial charge in [0.15, 0.2) is 6.23 Å². The fourth-order valence-corrected chi connectivity index (χ4v) is 1.57. The first-order valence-electron chi connectivity index (χ1n) is 4.67. The highest BCUT2D eigenvalue weighted by Gasteiger charge is 2.30. The van der Waals surface area contributed by atoms with Crippen molar-refractivity contribution < 1.29 is 9.85 Å². The van der Waals surface area contributed by atoms with Crippen LogP contribution in [0.4, 0.5) is 11.4 Å². The highest BCUT2D eigenvalue weighted by molar-refractivity contribution is 5.82. The molecule has 1 aromatic rings. The predicted molar refractivity (Wildman–Crippen MR) is 58.3 cm³/mol. The number of aliphatic hydroxyl groups excluding tert-OH is 1. The summed E-state index contributed by atoms with van der Waals surface area (Å²) in [5, 5.41) is 34.1. The van der Waals surface area contributed by atoms with Gasteiger partial charge in [-0.3, -0.25) is 10.9 Å². The third kappa shape index (κ3) is 1.34. The summed E-state index contributed by atoms with van der Waals surface area (Å²) in [5.41, 5.74) is 5.79. The zero-order valence-electron chi connectivity index (χ0n) is 8.57. The van der Waals surface area contributed by atoms with E-state index in [0.717, 1.165) is 5.01 Å². The lowest BCUT2D eigenvalue weighted by Gasteiger charge is -2.43. The Bertz CT molecular complexity index is 446. The van der Waals surface area contributed by atoms with Crippen LogP contribution in [0.1, 0.15) is 6.92 Å². The maximum Gasteiger partial charge on any atom is 0.375 e. The van der Waals surface area contributed by atoms with Gasteiger partial charge < -0.3 is 15.5 Å². The second-order valence-corrected chi connectivity index (χ2v) is 3.39. The smallest absolute Gasteiger partial charge is 0.375 e. The van der Waals surface area contributed by atoms with Crippen molar-refractivity contribution in [1.82, 2.24) is 5.01 Å². The molecule has 0 saturated heterocycles. The summed E-state index contributed by atoms with van der Waals surface area (Å²) in [6.45, 7) is 1.35. The zero-order chi connectivity index (χ0) is 11.9. The van der Waals surface area contributed by atoms with Gasteiger partial charge in [-0.25, -0.2) is 4.74 Å². The molecule has 1 aliphatic heterocycles. The minimum Gasteiger partial charge on any atom is -0.740 e. The number of anilines is 1. The van der Waals surface area contributed by atoms with Crippen molar-refractivity contribution in [2.75, 3.05) is 5.17 Å². The normalized spacial score (nSPS) is 17.4. The summed E-state index contributed by atoms with van der Waals surface area (Å²) in [6.07, 6.45) is -1.18. The molecule has 7 nitrogen and oxygen atoms in total. The molecule has 1 atom stereocenters. The number of fused-ring (bicyclic) bond motifs is 1. The Labute approximate surface area is 91.7 Å². The summed E-state index contributed by atoms with van der Waals surface area (Å²) < 4.78 is 0.413. The van der Waals surface area contributed by atoms with Gasteiger partial charge in [-0.15, -0.1) is 5.01 Å². The molecule has 2 rings (SSSR count). The van der Waals surface area contributed by atoms with Gasteiger partial charge in [0.1, 0.15) is 5.69 Å². The molecule has 0 spiro atoms. The Hall–Kier alpha value is -1.99. The fourth-order valence-electron chi connectivity index (χ4n) is 1.57. The first-order chi connectivity index (χ1) is 7.54. The summed E-state index contributed by atoms with van der Waals surface area (Å²) in [5.74, 6) is -0.358. The van der Waals surface area contributed by atoms with Crippen LogP contribution in [0.25, 0.3) is 0 Å². The Morgan fingerprint density at radius 2 is 2.06 bits per heavy atom. The number of aliphatic hydroxyl groups is 1. The second kappa shape index (κ2) is 3.54. The van der Waals surface area contributed by atoms with Gasteiger partial charge in [0, 0.05) is 0 Å². The summed E-state index contributed by atoms with van der Waals surface area (Å²) in [7, 11) is 0. The lowest BCUT2D eigenvalue weighted by Crippen LogP contribution is -2.56. The van der Waals surface area contributed by atoms with E-state index >= 15 is 0 Å². The third-order valence-corrected chi connectivity index (χ3v) is 2.30. The van der Waals surface area contributed by atoms with E-state index in [2.05, 4.69) is 0 Å². The molecule has 0 fully saturated rings. The van der Waals surface area contributed by atoms with E-state index in [0.29, 0.717) is 9.91 Å². The molecule has 7 heteroatoms. The van der Waals surface area contributed by atoms with Crippen molar-refractivity contribution in [1.29, 1.82) is 0 Å².